The molecule has 1 aliphatic heterocycles. The van der Waals surface area contributed by atoms with Gasteiger partial charge in [-0.3, -0.25) is 4.79 Å². The molecule has 3 atom stereocenters. The first-order valence-electron chi connectivity index (χ1n) is 3.91. The Labute approximate surface area is 69.5 Å². The molecule has 0 saturated carbocycles. The summed E-state index contributed by atoms with van der Waals surface area (Å²) >= 11 is 0. The number of carbonyl (C=O) groups excluding carboxylic acids is 1. The zero-order valence-corrected chi connectivity index (χ0v) is 6.43. The Balaban J connectivity index is 2.18. The third kappa shape index (κ3) is 0.956. The minimum absolute atomic E-state index is 0.161. The molecule has 0 aromatic carbocycles. The summed E-state index contributed by atoms with van der Waals surface area (Å²) in [7, 11) is 0. The number of aliphatic hydroxyl groups is 2. The lowest BCUT2D eigenvalue weighted by molar-refractivity contribution is -0.140. The lowest BCUT2D eigenvalue weighted by Crippen LogP contribution is -2.21. The van der Waals surface area contributed by atoms with Crippen molar-refractivity contribution < 1.29 is 19.7 Å². The molecule has 0 unspecified atom stereocenters. The number of fused-ring (bicyclic) bond motifs is 1. The molecule has 2 N–H and O–H groups in total. The normalized spacial score (nSPS) is 39.3. The molecule has 1 heterocycles. The average molecular weight is 170 g/mol. The van der Waals surface area contributed by atoms with E-state index in [0.717, 1.165) is 0 Å². The van der Waals surface area contributed by atoms with Gasteiger partial charge in [-0.25, -0.2) is 0 Å². The molecule has 2 rings (SSSR count). The van der Waals surface area contributed by atoms with Crippen LogP contribution in [0.1, 0.15) is 6.42 Å². The molecular weight excluding hydrogens is 160 g/mol. The Morgan fingerprint density at radius 1 is 1.67 bits per heavy atom. The summed E-state index contributed by atoms with van der Waals surface area (Å²) in [5.74, 6) is -0.433. The van der Waals surface area contributed by atoms with Crippen LogP contribution in [-0.2, 0) is 9.53 Å². The van der Waals surface area contributed by atoms with Crippen LogP contribution in [0.25, 0.3) is 0 Å². The van der Waals surface area contributed by atoms with E-state index < -0.39 is 6.10 Å². The smallest absolute Gasteiger partial charge is 0.306 e. The van der Waals surface area contributed by atoms with Gasteiger partial charge in [0.25, 0.3) is 0 Å². The van der Waals surface area contributed by atoms with E-state index >= 15 is 0 Å². The van der Waals surface area contributed by atoms with E-state index in [1.54, 1.807) is 6.08 Å². The first-order chi connectivity index (χ1) is 5.72. The van der Waals surface area contributed by atoms with E-state index in [4.69, 9.17) is 9.84 Å². The second kappa shape index (κ2) is 2.57. The van der Waals surface area contributed by atoms with Gasteiger partial charge in [-0.2, -0.15) is 0 Å². The van der Waals surface area contributed by atoms with Crippen LogP contribution in [0, 0.1) is 5.92 Å². The Hall–Kier alpha value is -0.870. The molecule has 0 amide bonds. The first kappa shape index (κ1) is 7.76. The molecule has 0 aromatic heterocycles. The quantitative estimate of drug-likeness (QED) is 0.400. The number of hydrogen-bond acceptors (Lipinski definition) is 4. The Morgan fingerprint density at radius 2 is 2.42 bits per heavy atom. The van der Waals surface area contributed by atoms with Crippen molar-refractivity contribution >= 4 is 5.97 Å². The predicted octanol–water partition coefficient (Wildman–Crippen LogP) is -0.789. The lowest BCUT2D eigenvalue weighted by Gasteiger charge is -2.11. The second-order valence-corrected chi connectivity index (χ2v) is 3.17. The summed E-state index contributed by atoms with van der Waals surface area (Å²) in [6.07, 6.45) is 0.882. The van der Waals surface area contributed by atoms with Gasteiger partial charge in [-0.1, -0.05) is 0 Å². The van der Waals surface area contributed by atoms with Gasteiger partial charge in [-0.15, -0.1) is 0 Å². The zero-order chi connectivity index (χ0) is 8.72. The van der Waals surface area contributed by atoms with Crippen molar-refractivity contribution in [2.75, 3.05) is 6.61 Å². The fourth-order valence-corrected chi connectivity index (χ4v) is 1.78. The minimum atomic E-state index is -0.702. The SMILES string of the molecule is O=C1C[C@@H]2[C@@H](C=C(CO)[C@@H]2O)O1. The van der Waals surface area contributed by atoms with Crippen LogP contribution in [0.2, 0.25) is 0 Å². The van der Waals surface area contributed by atoms with Crippen molar-refractivity contribution in [3.63, 3.8) is 0 Å². The van der Waals surface area contributed by atoms with Crippen LogP contribution in [0.3, 0.4) is 0 Å². The molecule has 66 valence electrons. The summed E-state index contributed by atoms with van der Waals surface area (Å²) in [6, 6.07) is 0. The van der Waals surface area contributed by atoms with Gasteiger partial charge < -0.3 is 14.9 Å². The number of carbonyl (C=O) groups is 1. The Morgan fingerprint density at radius 3 is 3.00 bits per heavy atom. The van der Waals surface area contributed by atoms with Crippen molar-refractivity contribution in [1.29, 1.82) is 0 Å². The fourth-order valence-electron chi connectivity index (χ4n) is 1.78. The highest BCUT2D eigenvalue weighted by atomic mass is 16.6. The second-order valence-electron chi connectivity index (χ2n) is 3.17. The van der Waals surface area contributed by atoms with E-state index in [1.807, 2.05) is 0 Å². The summed E-state index contributed by atoms with van der Waals surface area (Å²) < 4.78 is 4.90. The largest absolute Gasteiger partial charge is 0.458 e. The molecule has 1 aliphatic carbocycles. The zero-order valence-electron chi connectivity index (χ0n) is 6.43. The van der Waals surface area contributed by atoms with Gasteiger partial charge in [0.05, 0.1) is 19.1 Å². The van der Waals surface area contributed by atoms with E-state index in [2.05, 4.69) is 0 Å². The molecule has 0 radical (unpaired) electrons. The summed E-state index contributed by atoms with van der Waals surface area (Å²) in [4.78, 5) is 10.8. The molecule has 0 spiro atoms. The van der Waals surface area contributed by atoms with Crippen LogP contribution in [-0.4, -0.2) is 35.0 Å². The first-order valence-corrected chi connectivity index (χ1v) is 3.91. The van der Waals surface area contributed by atoms with E-state index in [-0.39, 0.29) is 31.0 Å². The maximum Gasteiger partial charge on any atom is 0.306 e. The van der Waals surface area contributed by atoms with Gasteiger partial charge in [0.2, 0.25) is 0 Å². The topological polar surface area (TPSA) is 66.8 Å². The van der Waals surface area contributed by atoms with E-state index in [9.17, 15) is 9.90 Å². The van der Waals surface area contributed by atoms with Gasteiger partial charge in [-0.05, 0) is 11.6 Å². The highest BCUT2D eigenvalue weighted by molar-refractivity contribution is 5.73. The third-order valence-corrected chi connectivity index (χ3v) is 2.44. The van der Waals surface area contributed by atoms with Crippen LogP contribution < -0.4 is 0 Å². The molecule has 1 saturated heterocycles. The number of hydrogen-bond donors (Lipinski definition) is 2. The van der Waals surface area contributed by atoms with Gasteiger partial charge >= 0.3 is 5.97 Å². The van der Waals surface area contributed by atoms with Gasteiger partial charge in [0, 0.05) is 5.92 Å². The van der Waals surface area contributed by atoms with Crippen molar-refractivity contribution in [2.45, 2.75) is 18.6 Å². The summed E-state index contributed by atoms with van der Waals surface area (Å²) in [5.41, 5.74) is 0.567. The minimum Gasteiger partial charge on any atom is -0.458 e. The molecule has 0 bridgehead atoms. The lowest BCUT2D eigenvalue weighted by atomic mass is 9.99. The molecular formula is C8H10O4. The van der Waals surface area contributed by atoms with Crippen LogP contribution in [0.15, 0.2) is 11.6 Å². The van der Waals surface area contributed by atoms with Crippen LogP contribution >= 0.6 is 0 Å². The van der Waals surface area contributed by atoms with Gasteiger partial charge in [0.1, 0.15) is 6.10 Å². The average Bonchev–Trinajstić information content (AvgIpc) is 2.51. The van der Waals surface area contributed by atoms with Crippen LogP contribution in [0.4, 0.5) is 0 Å². The summed E-state index contributed by atoms with van der Waals surface area (Å²) in [5, 5.41) is 18.3. The highest BCUT2D eigenvalue weighted by Gasteiger charge is 2.44. The fraction of sp³-hybridized carbons (Fsp3) is 0.625. The molecule has 4 heteroatoms. The maximum absolute atomic E-state index is 10.8. The monoisotopic (exact) mass is 170 g/mol. The molecule has 0 aromatic rings. The molecule has 2 aliphatic rings. The molecule has 4 nitrogen and oxygen atoms in total. The van der Waals surface area contributed by atoms with Crippen molar-refractivity contribution in [1.82, 2.24) is 0 Å². The summed E-state index contributed by atoms with van der Waals surface area (Å²) in [6.45, 7) is -0.161. The van der Waals surface area contributed by atoms with Crippen molar-refractivity contribution in [2.24, 2.45) is 5.92 Å². The van der Waals surface area contributed by atoms with Crippen molar-refractivity contribution in [3.8, 4) is 0 Å². The molecule has 1 fully saturated rings. The number of aliphatic hydroxyl groups excluding tert-OH is 2. The standard InChI is InChI=1S/C8H10O4/c9-3-4-1-6-5(8(4)11)2-7(10)12-6/h1,5-6,8-9,11H,2-3H2/t5-,6-,8+/m1/s1. The van der Waals surface area contributed by atoms with Gasteiger partial charge in [0.15, 0.2) is 0 Å². The maximum atomic E-state index is 10.8. The number of ether oxygens (including phenoxy) is 1. The predicted molar refractivity (Wildman–Crippen MR) is 39.2 cm³/mol. The number of esters is 1. The Bertz CT molecular complexity index is 245. The van der Waals surface area contributed by atoms with Crippen molar-refractivity contribution in [3.05, 3.63) is 11.6 Å². The molecule has 12 heavy (non-hydrogen) atoms. The third-order valence-electron chi connectivity index (χ3n) is 2.44. The Kier molecular flexibility index (Phi) is 1.66. The van der Waals surface area contributed by atoms with E-state index in [0.29, 0.717) is 5.57 Å². The number of rotatable bonds is 1. The highest BCUT2D eigenvalue weighted by Crippen LogP contribution is 2.35. The van der Waals surface area contributed by atoms with Crippen LogP contribution in [0.5, 0.6) is 0 Å². The van der Waals surface area contributed by atoms with E-state index in [1.165, 1.54) is 0 Å².